The molecule has 0 aliphatic heterocycles. The number of carbonyl (C=O) groups excluding carboxylic acids is 3. The topological polar surface area (TPSA) is 51.2 Å². The minimum absolute atomic E-state index is 0. The van der Waals surface area contributed by atoms with Crippen LogP contribution in [0.25, 0.3) is 0 Å². The maximum absolute atomic E-state index is 12.9. The second-order valence-electron chi connectivity index (χ2n) is 6.63. The minimum atomic E-state index is -2.93. The molecule has 1 unspecified atom stereocenters. The quantitative estimate of drug-likeness (QED) is 0.536. The van der Waals surface area contributed by atoms with Gasteiger partial charge in [-0.3, -0.25) is 0 Å². The van der Waals surface area contributed by atoms with Gasteiger partial charge in [0.1, 0.15) is 17.5 Å². The molecule has 3 rings (SSSR count). The fraction of sp³-hybridized carbons (Fsp3) is 0.125. The van der Waals surface area contributed by atoms with Gasteiger partial charge in [-0.15, -0.1) is 0 Å². The van der Waals surface area contributed by atoms with Crippen LogP contribution in [0.2, 0.25) is 0 Å². The smallest absolute Gasteiger partial charge is 0.129 e. The molecule has 3 nitrogen and oxygen atoms in total. The van der Waals surface area contributed by atoms with Crippen LogP contribution in [-0.2, 0) is 31.2 Å². The molecule has 0 heterocycles. The Balaban J connectivity index is 0.00000300. The molecule has 0 spiro atoms. The fourth-order valence-electron chi connectivity index (χ4n) is 3.82. The van der Waals surface area contributed by atoms with Crippen LogP contribution in [0.1, 0.15) is 11.1 Å². The number of hydrogen-bond donors (Lipinski definition) is 0. The maximum Gasteiger partial charge on any atom is 0.129 e. The van der Waals surface area contributed by atoms with Gasteiger partial charge < -0.3 is 0 Å². The van der Waals surface area contributed by atoms with E-state index in [1.54, 1.807) is 18.2 Å². The van der Waals surface area contributed by atoms with Crippen LogP contribution < -0.4 is 10.6 Å². The Hall–Kier alpha value is -2.66. The van der Waals surface area contributed by atoms with E-state index < -0.39 is 12.5 Å². The van der Waals surface area contributed by atoms with Crippen molar-refractivity contribution < 1.29 is 31.2 Å². The number of hydrogen-bond acceptors (Lipinski definition) is 3. The first-order chi connectivity index (χ1) is 13.6. The van der Waals surface area contributed by atoms with Crippen molar-refractivity contribution in [2.75, 3.05) is 0 Å². The molecule has 5 heteroatoms. The normalized spacial score (nSPS) is 15.3. The van der Waals surface area contributed by atoms with Crippen LogP contribution in [0.3, 0.4) is 0 Å². The first-order valence-electron chi connectivity index (χ1n) is 8.84. The average molecular weight is 445 g/mol. The standard InChI is InChI=1S/C24H19O3P.Co/c1-18-8-3-5-12-22(18)28(17-27,23-13-6-4-9-19(23)2)24-20(14-15-25)10-7-11-21(24)16-26;/h3-14,24H,1-2H3;. The van der Waals surface area contributed by atoms with Gasteiger partial charge in [0.05, 0.1) is 5.66 Å². The molecule has 147 valence electrons. The van der Waals surface area contributed by atoms with E-state index in [-0.39, 0.29) is 16.8 Å². The molecule has 0 N–H and O–H groups in total. The van der Waals surface area contributed by atoms with Crippen molar-refractivity contribution in [3.63, 3.8) is 0 Å². The van der Waals surface area contributed by atoms with Crippen LogP contribution >= 0.6 is 6.89 Å². The Morgan fingerprint density at radius 2 is 1.45 bits per heavy atom. The van der Waals surface area contributed by atoms with E-state index in [2.05, 4.69) is 5.66 Å². The molecule has 1 radical (unpaired) electrons. The van der Waals surface area contributed by atoms with Crippen molar-refractivity contribution in [2.24, 2.45) is 0 Å². The van der Waals surface area contributed by atoms with Gasteiger partial charge in [0.25, 0.3) is 0 Å². The third kappa shape index (κ3) is 3.92. The Morgan fingerprint density at radius 1 is 0.897 bits per heavy atom. The summed E-state index contributed by atoms with van der Waals surface area (Å²) in [7, 11) is 0. The van der Waals surface area contributed by atoms with Crippen molar-refractivity contribution in [3.8, 4) is 0 Å². The van der Waals surface area contributed by atoms with Crippen molar-refractivity contribution in [1.29, 1.82) is 0 Å². The molecule has 0 bridgehead atoms. The Kier molecular flexibility index (Phi) is 7.57. The van der Waals surface area contributed by atoms with Crippen LogP contribution in [-0.4, -0.2) is 23.2 Å². The third-order valence-corrected chi connectivity index (χ3v) is 9.20. The zero-order valence-electron chi connectivity index (χ0n) is 16.0. The zero-order valence-corrected chi connectivity index (χ0v) is 17.9. The van der Waals surface area contributed by atoms with Gasteiger partial charge in [-0.2, -0.15) is 0 Å². The molecule has 0 saturated heterocycles. The van der Waals surface area contributed by atoms with Crippen LogP contribution in [0.15, 0.2) is 84.0 Å². The van der Waals surface area contributed by atoms with Crippen molar-refractivity contribution >= 4 is 35.0 Å². The predicted molar refractivity (Wildman–Crippen MR) is 115 cm³/mol. The number of benzene rings is 2. The Morgan fingerprint density at radius 3 is 1.90 bits per heavy atom. The summed E-state index contributed by atoms with van der Waals surface area (Å²) in [6.45, 7) is 0.966. The number of rotatable bonds is 4. The SMILES string of the molecule is Cc1ccccc1P(=C=O)(c1ccccc1C)C1C(=C=O)C=CC=C1C=C=O.[Co]. The van der Waals surface area contributed by atoms with Crippen LogP contribution in [0.5, 0.6) is 0 Å². The monoisotopic (exact) mass is 445 g/mol. The van der Waals surface area contributed by atoms with E-state index in [9.17, 15) is 14.4 Å². The molecule has 0 saturated carbocycles. The molecule has 0 fully saturated rings. The van der Waals surface area contributed by atoms with E-state index in [0.717, 1.165) is 21.7 Å². The van der Waals surface area contributed by atoms with Gasteiger partial charge in [0.15, 0.2) is 0 Å². The van der Waals surface area contributed by atoms with Gasteiger partial charge in [0, 0.05) is 35.3 Å². The molecule has 2 aromatic carbocycles. The zero-order chi connectivity index (χ0) is 20.1. The van der Waals surface area contributed by atoms with Crippen LogP contribution in [0, 0.1) is 13.8 Å². The van der Waals surface area contributed by atoms with Crippen LogP contribution in [0.4, 0.5) is 0 Å². The largest absolute Gasteiger partial charge is 0.234 e. The van der Waals surface area contributed by atoms with E-state index in [1.807, 2.05) is 74.3 Å². The van der Waals surface area contributed by atoms with Gasteiger partial charge in [-0.05, 0) is 47.2 Å². The summed E-state index contributed by atoms with van der Waals surface area (Å²) in [4.78, 5) is 35.9. The molecule has 1 aliphatic rings. The van der Waals surface area contributed by atoms with Crippen molar-refractivity contribution in [2.45, 2.75) is 19.5 Å². The number of allylic oxidation sites excluding steroid dienone is 6. The van der Waals surface area contributed by atoms with Gasteiger partial charge in [-0.25, -0.2) is 14.4 Å². The summed E-state index contributed by atoms with van der Waals surface area (Å²) in [5.74, 6) is 3.81. The fourth-order valence-corrected chi connectivity index (χ4v) is 8.01. The minimum Gasteiger partial charge on any atom is -0.234 e. The Bertz CT molecular complexity index is 1120. The molecule has 0 aromatic heterocycles. The molecular formula is C24H19CoO3P. The van der Waals surface area contributed by atoms with E-state index in [4.69, 9.17) is 0 Å². The summed E-state index contributed by atoms with van der Waals surface area (Å²) >= 11 is 0. The summed E-state index contributed by atoms with van der Waals surface area (Å²) in [5, 5.41) is 1.69. The van der Waals surface area contributed by atoms with Gasteiger partial charge in [-0.1, -0.05) is 60.7 Å². The van der Waals surface area contributed by atoms with E-state index >= 15 is 0 Å². The summed E-state index contributed by atoms with van der Waals surface area (Å²) in [6, 6.07) is 15.3. The summed E-state index contributed by atoms with van der Waals surface area (Å²) in [5.41, 5.74) is 4.55. The molecular weight excluding hydrogens is 426 g/mol. The molecule has 1 atom stereocenters. The average Bonchev–Trinajstić information content (AvgIpc) is 2.72. The summed E-state index contributed by atoms with van der Waals surface area (Å²) < 4.78 is 0. The van der Waals surface area contributed by atoms with E-state index in [1.165, 1.54) is 6.08 Å². The van der Waals surface area contributed by atoms with E-state index in [0.29, 0.717) is 11.1 Å². The van der Waals surface area contributed by atoms with Gasteiger partial charge in [0.2, 0.25) is 0 Å². The van der Waals surface area contributed by atoms with Crippen molar-refractivity contribution in [3.05, 3.63) is 95.1 Å². The maximum atomic E-state index is 12.9. The second-order valence-corrected chi connectivity index (χ2v) is 9.74. The Labute approximate surface area is 180 Å². The van der Waals surface area contributed by atoms with Crippen molar-refractivity contribution in [1.82, 2.24) is 0 Å². The molecule has 0 amide bonds. The number of aryl methyl sites for hydroxylation is 2. The first kappa shape index (κ1) is 22.6. The van der Waals surface area contributed by atoms with Gasteiger partial charge >= 0.3 is 0 Å². The molecule has 29 heavy (non-hydrogen) atoms. The molecule has 1 aliphatic carbocycles. The first-order valence-corrected chi connectivity index (χ1v) is 10.7. The summed E-state index contributed by atoms with van der Waals surface area (Å²) in [6.07, 6.45) is 6.39. The third-order valence-electron chi connectivity index (χ3n) is 5.04. The predicted octanol–water partition coefficient (Wildman–Crippen LogP) is 3.35. The second kappa shape index (κ2) is 9.70. The molecule has 2 aromatic rings.